The highest BCUT2D eigenvalue weighted by Gasteiger charge is 2.34. The molecule has 1 heterocycles. The van der Waals surface area contributed by atoms with Crippen LogP contribution in [0.4, 0.5) is 30.6 Å². The van der Waals surface area contributed by atoms with Crippen molar-refractivity contribution in [2.24, 2.45) is 0 Å². The fraction of sp³-hybridized carbons (Fsp3) is 0.286. The summed E-state index contributed by atoms with van der Waals surface area (Å²) in [6.45, 7) is 2.71. The smallest absolute Gasteiger partial charge is 0.370 e. The van der Waals surface area contributed by atoms with E-state index in [1.54, 1.807) is 6.07 Å². The molecule has 0 fully saturated rings. The third-order valence-corrected chi connectivity index (χ3v) is 2.98. The molecule has 0 atom stereocenters. The third kappa shape index (κ3) is 4.24. The highest BCUT2D eigenvalue weighted by atomic mass is 35.5. The molecule has 1 aromatic carbocycles. The van der Waals surface area contributed by atoms with Crippen molar-refractivity contribution in [3.8, 4) is 0 Å². The number of hydrogen-bond donors (Lipinski definition) is 2. The summed E-state index contributed by atoms with van der Waals surface area (Å²) in [6.07, 6.45) is -2.15. The van der Waals surface area contributed by atoms with Gasteiger partial charge in [0.05, 0.1) is 11.3 Å². The topological polar surface area (TPSA) is 49.8 Å². The molecule has 4 nitrogen and oxygen atoms in total. The number of alkyl halides is 3. The molecule has 0 spiro atoms. The predicted molar refractivity (Wildman–Crippen MR) is 80.5 cm³/mol. The summed E-state index contributed by atoms with van der Waals surface area (Å²) in [7, 11) is 0. The van der Waals surface area contributed by atoms with Crippen LogP contribution >= 0.6 is 11.6 Å². The molecule has 0 radical (unpaired) electrons. The van der Waals surface area contributed by atoms with Crippen LogP contribution in [0.15, 0.2) is 30.5 Å². The molecule has 0 amide bonds. The molecule has 0 aliphatic carbocycles. The van der Waals surface area contributed by atoms with Crippen molar-refractivity contribution in [3.05, 3.63) is 41.0 Å². The quantitative estimate of drug-likeness (QED) is 0.833. The van der Waals surface area contributed by atoms with E-state index in [4.69, 9.17) is 11.6 Å². The van der Waals surface area contributed by atoms with Crippen LogP contribution < -0.4 is 10.6 Å². The first-order chi connectivity index (χ1) is 10.4. The molecular formula is C14H14ClF3N4. The van der Waals surface area contributed by atoms with Crippen molar-refractivity contribution < 1.29 is 13.2 Å². The van der Waals surface area contributed by atoms with Crippen LogP contribution in [0.3, 0.4) is 0 Å². The third-order valence-electron chi connectivity index (χ3n) is 2.75. The zero-order chi connectivity index (χ0) is 16.2. The molecule has 1 aromatic heterocycles. The minimum Gasteiger partial charge on any atom is -0.370 e. The summed E-state index contributed by atoms with van der Waals surface area (Å²) in [5.41, 5.74) is -1.01. The number of halogens is 4. The number of rotatable bonds is 5. The van der Waals surface area contributed by atoms with E-state index in [1.165, 1.54) is 18.3 Å². The van der Waals surface area contributed by atoms with Crippen LogP contribution in [0.25, 0.3) is 0 Å². The van der Waals surface area contributed by atoms with Gasteiger partial charge in [-0.15, -0.1) is 0 Å². The molecule has 2 N–H and O–H groups in total. The second-order valence-corrected chi connectivity index (χ2v) is 4.94. The van der Waals surface area contributed by atoms with Crippen molar-refractivity contribution in [3.63, 3.8) is 0 Å². The Hall–Kier alpha value is -2.02. The summed E-state index contributed by atoms with van der Waals surface area (Å²) in [6, 6.07) is 5.13. The first kappa shape index (κ1) is 16.4. The summed E-state index contributed by atoms with van der Waals surface area (Å²) >= 11 is 5.64. The highest BCUT2D eigenvalue weighted by molar-refractivity contribution is 6.30. The van der Waals surface area contributed by atoms with E-state index in [1.807, 2.05) is 6.92 Å². The lowest BCUT2D eigenvalue weighted by atomic mass is 10.1. The lowest BCUT2D eigenvalue weighted by Gasteiger charge is -2.14. The minimum absolute atomic E-state index is 0.0113. The second-order valence-electron chi connectivity index (χ2n) is 4.50. The van der Waals surface area contributed by atoms with Gasteiger partial charge in [-0.25, -0.2) is 4.98 Å². The number of aromatic nitrogens is 2. The first-order valence-electron chi connectivity index (χ1n) is 6.61. The molecule has 0 aliphatic heterocycles. The molecule has 2 aromatic rings. The van der Waals surface area contributed by atoms with Gasteiger partial charge in [0.25, 0.3) is 0 Å². The molecule has 0 aliphatic rings. The Kier molecular flexibility index (Phi) is 5.07. The number of anilines is 3. The largest absolute Gasteiger partial charge is 0.418 e. The van der Waals surface area contributed by atoms with Gasteiger partial charge in [0, 0.05) is 17.8 Å². The number of nitrogens with one attached hydrogen (secondary N) is 2. The van der Waals surface area contributed by atoms with Crippen LogP contribution in [-0.4, -0.2) is 16.5 Å². The summed E-state index contributed by atoms with van der Waals surface area (Å²) in [4.78, 5) is 8.04. The Balaban J connectivity index is 2.27. The van der Waals surface area contributed by atoms with Gasteiger partial charge in [-0.1, -0.05) is 18.5 Å². The summed E-state index contributed by atoms with van der Waals surface area (Å²) in [5, 5.41) is 5.63. The predicted octanol–water partition coefficient (Wildman–Crippen LogP) is 4.71. The number of nitrogens with zero attached hydrogens (tertiary/aromatic N) is 2. The molecule has 0 bridgehead atoms. The zero-order valence-electron chi connectivity index (χ0n) is 11.7. The van der Waals surface area contributed by atoms with Gasteiger partial charge in [0.15, 0.2) is 0 Å². The van der Waals surface area contributed by atoms with Gasteiger partial charge < -0.3 is 10.6 Å². The maximum Gasteiger partial charge on any atom is 0.418 e. The average Bonchev–Trinajstić information content (AvgIpc) is 2.46. The SMILES string of the molecule is CCCNc1ccnc(Nc2ccc(Cl)cc2C(F)(F)F)n1. The van der Waals surface area contributed by atoms with E-state index in [2.05, 4.69) is 20.6 Å². The van der Waals surface area contributed by atoms with E-state index in [-0.39, 0.29) is 16.7 Å². The maximum atomic E-state index is 13.0. The van der Waals surface area contributed by atoms with E-state index < -0.39 is 11.7 Å². The number of benzene rings is 1. The fourth-order valence-corrected chi connectivity index (χ4v) is 1.92. The van der Waals surface area contributed by atoms with Crippen LogP contribution in [0.1, 0.15) is 18.9 Å². The molecule has 22 heavy (non-hydrogen) atoms. The molecule has 2 rings (SSSR count). The van der Waals surface area contributed by atoms with Crippen molar-refractivity contribution in [1.82, 2.24) is 9.97 Å². The molecule has 0 unspecified atom stereocenters. The summed E-state index contributed by atoms with van der Waals surface area (Å²) in [5.74, 6) is 0.621. The molecule has 118 valence electrons. The van der Waals surface area contributed by atoms with Gasteiger partial charge in [-0.3, -0.25) is 0 Å². The van der Waals surface area contributed by atoms with E-state index in [0.717, 1.165) is 12.5 Å². The van der Waals surface area contributed by atoms with Gasteiger partial charge in [0.2, 0.25) is 5.95 Å². The summed E-state index contributed by atoms with van der Waals surface area (Å²) < 4.78 is 39.1. The Morgan fingerprint density at radius 3 is 2.68 bits per heavy atom. The van der Waals surface area contributed by atoms with Crippen LogP contribution in [-0.2, 0) is 6.18 Å². The van der Waals surface area contributed by atoms with E-state index in [0.29, 0.717) is 12.4 Å². The van der Waals surface area contributed by atoms with Crippen LogP contribution in [0.2, 0.25) is 5.02 Å². The van der Waals surface area contributed by atoms with Crippen molar-refractivity contribution in [1.29, 1.82) is 0 Å². The molecule has 8 heteroatoms. The standard InChI is InChI=1S/C14H14ClF3N4/c1-2-6-19-12-5-7-20-13(22-12)21-11-4-3-9(15)8-10(11)14(16,17)18/h3-5,7-8H,2,6H2,1H3,(H2,19,20,21,22). The second kappa shape index (κ2) is 6.83. The monoisotopic (exact) mass is 330 g/mol. The maximum absolute atomic E-state index is 13.0. The lowest BCUT2D eigenvalue weighted by molar-refractivity contribution is -0.136. The van der Waals surface area contributed by atoms with Gasteiger partial charge in [-0.05, 0) is 30.7 Å². The molecular weight excluding hydrogens is 317 g/mol. The lowest BCUT2D eigenvalue weighted by Crippen LogP contribution is -2.10. The Morgan fingerprint density at radius 1 is 1.23 bits per heavy atom. The van der Waals surface area contributed by atoms with Gasteiger partial charge >= 0.3 is 6.18 Å². The van der Waals surface area contributed by atoms with Crippen LogP contribution in [0.5, 0.6) is 0 Å². The minimum atomic E-state index is -4.52. The van der Waals surface area contributed by atoms with E-state index >= 15 is 0 Å². The van der Waals surface area contributed by atoms with Crippen molar-refractivity contribution >= 4 is 29.1 Å². The van der Waals surface area contributed by atoms with Gasteiger partial charge in [0.1, 0.15) is 5.82 Å². The highest BCUT2D eigenvalue weighted by Crippen LogP contribution is 2.37. The fourth-order valence-electron chi connectivity index (χ4n) is 1.75. The zero-order valence-corrected chi connectivity index (χ0v) is 12.5. The van der Waals surface area contributed by atoms with Gasteiger partial charge in [-0.2, -0.15) is 18.2 Å². The average molecular weight is 331 g/mol. The molecule has 0 saturated carbocycles. The van der Waals surface area contributed by atoms with E-state index in [9.17, 15) is 13.2 Å². The normalized spacial score (nSPS) is 11.3. The van der Waals surface area contributed by atoms with Crippen molar-refractivity contribution in [2.45, 2.75) is 19.5 Å². The number of hydrogen-bond acceptors (Lipinski definition) is 4. The van der Waals surface area contributed by atoms with Crippen molar-refractivity contribution in [2.75, 3.05) is 17.2 Å². The molecule has 0 saturated heterocycles. The Morgan fingerprint density at radius 2 is 2.00 bits per heavy atom. The Labute approximate surface area is 130 Å². The van der Waals surface area contributed by atoms with Crippen LogP contribution in [0, 0.1) is 0 Å². The first-order valence-corrected chi connectivity index (χ1v) is 6.98. The Bertz CT molecular complexity index is 646.